The maximum atomic E-state index is 14.5. The Morgan fingerprint density at radius 2 is 1.95 bits per heavy atom. The minimum absolute atomic E-state index is 0.0947. The van der Waals surface area contributed by atoms with Crippen molar-refractivity contribution >= 4 is 67.3 Å². The second kappa shape index (κ2) is 12.7. The number of hydrogen-bond acceptors (Lipinski definition) is 7. The molecule has 0 radical (unpaired) electrons. The predicted octanol–water partition coefficient (Wildman–Crippen LogP) is 4.90. The van der Waals surface area contributed by atoms with Crippen molar-refractivity contribution in [2.45, 2.75) is 45.2 Å². The van der Waals surface area contributed by atoms with Crippen LogP contribution in [-0.4, -0.2) is 58.3 Å². The zero-order valence-electron chi connectivity index (χ0n) is 23.8. The van der Waals surface area contributed by atoms with E-state index in [1.54, 1.807) is 12.1 Å². The molecule has 1 saturated heterocycles. The Morgan fingerprint density at radius 3 is 2.63 bits per heavy atom. The number of thiocarbonyl (C=S) groups is 1. The number of aromatic amines is 1. The molecular formula is C30H31F2N5O4S2. The van der Waals surface area contributed by atoms with Crippen LogP contribution in [0.4, 0.5) is 8.78 Å². The summed E-state index contributed by atoms with van der Waals surface area (Å²) in [4.78, 5) is 46.8. The van der Waals surface area contributed by atoms with E-state index in [2.05, 4.69) is 25.9 Å². The molecular weight excluding hydrogens is 596 g/mol. The number of Topliss-reactive ketones (excluding diaryl/α,β-unsaturated/α-hetero) is 1. The van der Waals surface area contributed by atoms with Gasteiger partial charge in [0, 0.05) is 17.8 Å². The molecule has 0 unspecified atom stereocenters. The molecule has 3 atom stereocenters. The maximum absolute atomic E-state index is 14.5. The summed E-state index contributed by atoms with van der Waals surface area (Å²) in [5.74, 6) is -2.07. The van der Waals surface area contributed by atoms with Gasteiger partial charge in [0.25, 0.3) is 5.91 Å². The Kier molecular flexibility index (Phi) is 9.02. The molecule has 1 aliphatic heterocycles. The third-order valence-corrected chi connectivity index (χ3v) is 8.83. The van der Waals surface area contributed by atoms with Gasteiger partial charge in [0.05, 0.1) is 34.4 Å². The minimum Gasteiger partial charge on any atom is -0.496 e. The number of para-hydroxylation sites is 1. The van der Waals surface area contributed by atoms with E-state index in [0.29, 0.717) is 35.2 Å². The summed E-state index contributed by atoms with van der Waals surface area (Å²) < 4.78 is 34.6. The van der Waals surface area contributed by atoms with Crippen LogP contribution in [-0.2, 0) is 4.79 Å². The van der Waals surface area contributed by atoms with E-state index in [-0.39, 0.29) is 45.0 Å². The summed E-state index contributed by atoms with van der Waals surface area (Å²) in [7, 11) is 1.46. The average Bonchev–Trinajstić information content (AvgIpc) is 3.71. The number of ether oxygens (including phenoxy) is 1. The number of carbonyl (C=O) groups excluding carboxylic acids is 3. The van der Waals surface area contributed by atoms with E-state index in [9.17, 15) is 23.2 Å². The fourth-order valence-corrected chi connectivity index (χ4v) is 6.50. The second-order valence-corrected chi connectivity index (χ2v) is 12.4. The highest BCUT2D eigenvalue weighted by Crippen LogP contribution is 2.29. The second-order valence-electron chi connectivity index (χ2n) is 10.9. The van der Waals surface area contributed by atoms with Crippen LogP contribution in [0.5, 0.6) is 5.75 Å². The number of ketones is 1. The van der Waals surface area contributed by atoms with Gasteiger partial charge in [-0.2, -0.15) is 0 Å². The smallest absolute Gasteiger partial charge is 0.268 e. The largest absolute Gasteiger partial charge is 0.496 e. The summed E-state index contributed by atoms with van der Waals surface area (Å²) in [5, 5.41) is 9.31. The Hall–Kier alpha value is -3.97. The van der Waals surface area contributed by atoms with Crippen molar-refractivity contribution in [3.63, 3.8) is 0 Å². The number of benzene rings is 2. The van der Waals surface area contributed by atoms with Crippen LogP contribution in [0, 0.1) is 23.5 Å². The molecule has 226 valence electrons. The highest BCUT2D eigenvalue weighted by atomic mass is 32.1. The number of nitrogens with one attached hydrogen (secondary N) is 4. The van der Waals surface area contributed by atoms with Gasteiger partial charge in [-0.25, -0.2) is 13.8 Å². The molecule has 4 aromatic rings. The summed E-state index contributed by atoms with van der Waals surface area (Å²) in [6.07, 6.45) is 1.14. The van der Waals surface area contributed by atoms with E-state index < -0.39 is 41.3 Å². The molecule has 43 heavy (non-hydrogen) atoms. The monoisotopic (exact) mass is 627 g/mol. The quantitative estimate of drug-likeness (QED) is 0.138. The Morgan fingerprint density at radius 1 is 1.16 bits per heavy atom. The first-order valence-electron chi connectivity index (χ1n) is 13.9. The molecule has 2 amide bonds. The molecule has 2 aromatic carbocycles. The standard InChI is InChI=1S/C30H31F2N5O4S2/c1-14(2)11-21(35-28(40)20-13-16-22(41-3)8-7-18(32)24(16)34-20)29(42)36-19(12-15-9-10-33-27(15)39)26(38)30-37-25-17(31)5-4-6-23(25)43-30/h4-8,13-15,19,21,34H,9-12H2,1-3H3,(H,33,39)(H,35,40)(H,36,42)/t15-,19-,21-/m0/s1. The number of methoxy groups -OCH3 is 1. The number of carbonyl (C=O) groups is 3. The zero-order chi connectivity index (χ0) is 30.8. The average molecular weight is 628 g/mol. The summed E-state index contributed by atoms with van der Waals surface area (Å²) in [5.41, 5.74) is 0.354. The van der Waals surface area contributed by atoms with Crippen molar-refractivity contribution in [2.75, 3.05) is 13.7 Å². The molecule has 2 aromatic heterocycles. The fraction of sp³-hybridized carbons (Fsp3) is 0.367. The van der Waals surface area contributed by atoms with Gasteiger partial charge in [-0.05, 0) is 55.5 Å². The molecule has 0 aliphatic carbocycles. The number of rotatable bonds is 11. The highest BCUT2D eigenvalue weighted by Gasteiger charge is 2.34. The van der Waals surface area contributed by atoms with E-state index in [1.165, 1.54) is 31.4 Å². The first-order chi connectivity index (χ1) is 20.5. The number of amides is 2. The Labute approximate surface area is 255 Å². The van der Waals surface area contributed by atoms with Gasteiger partial charge in [0.15, 0.2) is 5.01 Å². The summed E-state index contributed by atoms with van der Waals surface area (Å²) >= 11 is 6.81. The maximum Gasteiger partial charge on any atom is 0.268 e. The number of aromatic nitrogens is 2. The molecule has 0 bridgehead atoms. The number of halogens is 2. The Balaban J connectivity index is 1.40. The first-order valence-corrected chi connectivity index (χ1v) is 15.1. The third kappa shape index (κ3) is 6.52. The number of hydrogen-bond donors (Lipinski definition) is 4. The number of fused-ring (bicyclic) bond motifs is 2. The van der Waals surface area contributed by atoms with E-state index in [4.69, 9.17) is 17.0 Å². The van der Waals surface area contributed by atoms with Crippen molar-refractivity contribution in [1.82, 2.24) is 25.9 Å². The van der Waals surface area contributed by atoms with Crippen LogP contribution in [0.15, 0.2) is 36.4 Å². The van der Waals surface area contributed by atoms with Crippen molar-refractivity contribution < 1.29 is 27.9 Å². The van der Waals surface area contributed by atoms with Crippen molar-refractivity contribution in [2.24, 2.45) is 11.8 Å². The SMILES string of the molecule is COc1ccc(F)c2[nH]c(C(=O)N[C@@H](CC(C)C)C(=S)N[C@@H](C[C@@H]3CCNC3=O)C(=O)c3nc4c(F)cccc4s3)cc12. The van der Waals surface area contributed by atoms with Crippen LogP contribution < -0.4 is 20.7 Å². The van der Waals surface area contributed by atoms with Crippen molar-refractivity contribution in [3.8, 4) is 5.75 Å². The van der Waals surface area contributed by atoms with Gasteiger partial charge in [0.2, 0.25) is 11.7 Å². The normalized spacial score (nSPS) is 16.3. The third-order valence-electron chi connectivity index (χ3n) is 7.39. The summed E-state index contributed by atoms with van der Waals surface area (Å²) in [6.45, 7) is 4.43. The van der Waals surface area contributed by atoms with Crippen molar-refractivity contribution in [3.05, 3.63) is 58.7 Å². The fourth-order valence-electron chi connectivity index (χ4n) is 5.23. The molecule has 5 rings (SSSR count). The molecule has 0 spiro atoms. The molecule has 9 nitrogen and oxygen atoms in total. The van der Waals surface area contributed by atoms with Gasteiger partial charge in [-0.1, -0.05) is 32.1 Å². The first kappa shape index (κ1) is 30.5. The lowest BCUT2D eigenvalue weighted by atomic mass is 9.95. The minimum atomic E-state index is -0.942. The highest BCUT2D eigenvalue weighted by molar-refractivity contribution is 7.80. The lowest BCUT2D eigenvalue weighted by Crippen LogP contribution is -2.51. The molecule has 4 N–H and O–H groups in total. The van der Waals surface area contributed by atoms with Gasteiger partial charge in [-0.3, -0.25) is 14.4 Å². The molecule has 1 fully saturated rings. The van der Waals surface area contributed by atoms with Gasteiger partial charge < -0.3 is 25.7 Å². The van der Waals surface area contributed by atoms with E-state index in [0.717, 1.165) is 11.3 Å². The van der Waals surface area contributed by atoms with Crippen LogP contribution in [0.3, 0.4) is 0 Å². The van der Waals surface area contributed by atoms with Crippen LogP contribution >= 0.6 is 23.6 Å². The van der Waals surface area contributed by atoms with Crippen LogP contribution in [0.25, 0.3) is 21.1 Å². The molecule has 1 aliphatic rings. The van der Waals surface area contributed by atoms with Gasteiger partial charge in [0.1, 0.15) is 28.6 Å². The van der Waals surface area contributed by atoms with E-state index in [1.807, 2.05) is 13.8 Å². The molecule has 13 heteroatoms. The van der Waals surface area contributed by atoms with Crippen LogP contribution in [0.2, 0.25) is 0 Å². The van der Waals surface area contributed by atoms with Gasteiger partial charge in [-0.15, -0.1) is 11.3 Å². The van der Waals surface area contributed by atoms with Crippen LogP contribution in [0.1, 0.15) is 53.4 Å². The van der Waals surface area contributed by atoms with Crippen molar-refractivity contribution in [1.29, 1.82) is 0 Å². The lowest BCUT2D eigenvalue weighted by molar-refractivity contribution is -0.122. The number of H-pyrrole nitrogens is 1. The van der Waals surface area contributed by atoms with Gasteiger partial charge >= 0.3 is 0 Å². The topological polar surface area (TPSA) is 125 Å². The molecule has 0 saturated carbocycles. The summed E-state index contributed by atoms with van der Waals surface area (Å²) in [6, 6.07) is 7.12. The lowest BCUT2D eigenvalue weighted by Gasteiger charge is -2.26. The number of thiazole rings is 1. The van der Waals surface area contributed by atoms with E-state index >= 15 is 0 Å². The molecule has 3 heterocycles. The number of nitrogens with zero attached hydrogens (tertiary/aromatic N) is 1. The zero-order valence-corrected chi connectivity index (χ0v) is 25.4. The predicted molar refractivity (Wildman–Crippen MR) is 165 cm³/mol. The Bertz CT molecular complexity index is 1720.